The van der Waals surface area contributed by atoms with Gasteiger partial charge in [-0.25, -0.2) is 4.68 Å². The molecule has 1 atom stereocenters. The Kier molecular flexibility index (Phi) is 4.77. The van der Waals surface area contributed by atoms with Gasteiger partial charge in [0, 0.05) is 0 Å². The third-order valence-corrected chi connectivity index (χ3v) is 4.58. The number of carbonyl (C=O) groups excluding carboxylic acids is 1. The number of nitrogens with two attached hydrogens (primary N) is 1. The van der Waals surface area contributed by atoms with E-state index in [2.05, 4.69) is 15.5 Å². The SMILES string of the molecule is CC(Sc1nnc(-c2ccco2)n1N)C(=O)Nc1ccccc1Cl. The first-order chi connectivity index (χ1) is 11.6. The molecule has 0 saturated heterocycles. The first-order valence-corrected chi connectivity index (χ1v) is 8.28. The fourth-order valence-electron chi connectivity index (χ4n) is 1.94. The Morgan fingerprint density at radius 2 is 2.12 bits per heavy atom. The summed E-state index contributed by atoms with van der Waals surface area (Å²) >= 11 is 7.23. The Balaban J connectivity index is 1.70. The van der Waals surface area contributed by atoms with Crippen molar-refractivity contribution in [2.24, 2.45) is 0 Å². The van der Waals surface area contributed by atoms with Crippen LogP contribution in [0.3, 0.4) is 0 Å². The summed E-state index contributed by atoms with van der Waals surface area (Å²) in [7, 11) is 0. The molecule has 0 spiro atoms. The highest BCUT2D eigenvalue weighted by Crippen LogP contribution is 2.27. The number of thioether (sulfide) groups is 1. The summed E-state index contributed by atoms with van der Waals surface area (Å²) in [6.07, 6.45) is 1.52. The molecule has 24 heavy (non-hydrogen) atoms. The van der Waals surface area contributed by atoms with Gasteiger partial charge in [-0.1, -0.05) is 35.5 Å². The number of amides is 1. The van der Waals surface area contributed by atoms with E-state index in [0.29, 0.717) is 27.5 Å². The average molecular weight is 364 g/mol. The maximum atomic E-state index is 12.3. The third-order valence-electron chi connectivity index (χ3n) is 3.19. The zero-order valence-electron chi connectivity index (χ0n) is 12.6. The van der Waals surface area contributed by atoms with Gasteiger partial charge in [0.25, 0.3) is 0 Å². The first-order valence-electron chi connectivity index (χ1n) is 7.02. The van der Waals surface area contributed by atoms with E-state index in [1.165, 1.54) is 22.7 Å². The molecule has 0 aliphatic rings. The second-order valence-electron chi connectivity index (χ2n) is 4.88. The Hall–Kier alpha value is -2.45. The van der Waals surface area contributed by atoms with Gasteiger partial charge in [0.05, 0.1) is 22.2 Å². The number of hydrogen-bond donors (Lipinski definition) is 2. The summed E-state index contributed by atoms with van der Waals surface area (Å²) in [5, 5.41) is 11.2. The van der Waals surface area contributed by atoms with Crippen LogP contribution in [0.25, 0.3) is 11.6 Å². The van der Waals surface area contributed by atoms with E-state index in [9.17, 15) is 4.79 Å². The molecule has 1 amide bonds. The lowest BCUT2D eigenvalue weighted by Crippen LogP contribution is -2.23. The predicted octanol–water partition coefficient (Wildman–Crippen LogP) is 3.02. The number of carbonyl (C=O) groups is 1. The highest BCUT2D eigenvalue weighted by Gasteiger charge is 2.21. The topological polar surface area (TPSA) is 99.0 Å². The minimum Gasteiger partial charge on any atom is -0.461 e. The van der Waals surface area contributed by atoms with Gasteiger partial charge >= 0.3 is 0 Å². The highest BCUT2D eigenvalue weighted by molar-refractivity contribution is 8.00. The fraction of sp³-hybridized carbons (Fsp3) is 0.133. The van der Waals surface area contributed by atoms with Crippen molar-refractivity contribution >= 4 is 35.0 Å². The number of aromatic nitrogens is 3. The molecule has 0 radical (unpaired) electrons. The van der Waals surface area contributed by atoms with Crippen molar-refractivity contribution in [3.05, 3.63) is 47.7 Å². The first kappa shape index (κ1) is 16.4. The summed E-state index contributed by atoms with van der Waals surface area (Å²) in [5.41, 5.74) is 0.558. The van der Waals surface area contributed by atoms with Gasteiger partial charge in [-0.15, -0.1) is 10.2 Å². The number of para-hydroxylation sites is 1. The maximum Gasteiger partial charge on any atom is 0.237 e. The largest absolute Gasteiger partial charge is 0.461 e. The van der Waals surface area contributed by atoms with E-state index in [1.54, 1.807) is 43.3 Å². The molecule has 0 fully saturated rings. The lowest BCUT2D eigenvalue weighted by Gasteiger charge is -2.12. The van der Waals surface area contributed by atoms with Gasteiger partial charge in [0.2, 0.25) is 16.9 Å². The number of nitrogens with one attached hydrogen (secondary N) is 1. The molecule has 0 aliphatic heterocycles. The van der Waals surface area contributed by atoms with Gasteiger partial charge in [-0.3, -0.25) is 4.79 Å². The molecule has 9 heteroatoms. The van der Waals surface area contributed by atoms with E-state index < -0.39 is 5.25 Å². The number of anilines is 1. The van der Waals surface area contributed by atoms with Crippen LogP contribution >= 0.6 is 23.4 Å². The van der Waals surface area contributed by atoms with Crippen molar-refractivity contribution in [1.29, 1.82) is 0 Å². The molecule has 124 valence electrons. The zero-order chi connectivity index (χ0) is 17.1. The van der Waals surface area contributed by atoms with Crippen LogP contribution in [0.1, 0.15) is 6.92 Å². The summed E-state index contributed by atoms with van der Waals surface area (Å²) in [6.45, 7) is 1.75. The van der Waals surface area contributed by atoms with Crippen LogP contribution in [-0.4, -0.2) is 26.0 Å². The summed E-state index contributed by atoms with van der Waals surface area (Å²) in [4.78, 5) is 12.3. The minimum absolute atomic E-state index is 0.212. The molecular formula is C15H14ClN5O2S. The number of hydrogen-bond acceptors (Lipinski definition) is 6. The zero-order valence-corrected chi connectivity index (χ0v) is 14.2. The monoisotopic (exact) mass is 363 g/mol. The van der Waals surface area contributed by atoms with Crippen molar-refractivity contribution < 1.29 is 9.21 Å². The normalized spacial score (nSPS) is 12.1. The van der Waals surface area contributed by atoms with E-state index in [0.717, 1.165) is 0 Å². The Morgan fingerprint density at radius 3 is 2.83 bits per heavy atom. The van der Waals surface area contributed by atoms with Crippen molar-refractivity contribution in [3.63, 3.8) is 0 Å². The second kappa shape index (κ2) is 6.98. The molecule has 0 bridgehead atoms. The smallest absolute Gasteiger partial charge is 0.237 e. The lowest BCUT2D eigenvalue weighted by atomic mass is 10.3. The van der Waals surface area contributed by atoms with Crippen molar-refractivity contribution in [1.82, 2.24) is 14.9 Å². The lowest BCUT2D eigenvalue weighted by molar-refractivity contribution is -0.115. The number of nitrogens with zero attached hydrogens (tertiary/aromatic N) is 3. The van der Waals surface area contributed by atoms with Gasteiger partial charge in [-0.2, -0.15) is 0 Å². The van der Waals surface area contributed by atoms with E-state index in [4.69, 9.17) is 21.9 Å². The Labute approximate surface area is 147 Å². The summed E-state index contributed by atoms with van der Waals surface area (Å²) < 4.78 is 6.55. The predicted molar refractivity (Wildman–Crippen MR) is 93.3 cm³/mol. The van der Waals surface area contributed by atoms with Gasteiger partial charge in [0.1, 0.15) is 0 Å². The van der Waals surface area contributed by atoms with Crippen LogP contribution in [0.15, 0.2) is 52.2 Å². The summed E-state index contributed by atoms with van der Waals surface area (Å²) in [5.74, 6) is 6.66. The van der Waals surface area contributed by atoms with Crippen LogP contribution in [0.4, 0.5) is 5.69 Å². The quantitative estimate of drug-likeness (QED) is 0.534. The van der Waals surface area contributed by atoms with Crippen LogP contribution in [0, 0.1) is 0 Å². The van der Waals surface area contributed by atoms with Crippen LogP contribution < -0.4 is 11.2 Å². The van der Waals surface area contributed by atoms with Gasteiger partial charge < -0.3 is 15.6 Å². The third kappa shape index (κ3) is 3.39. The van der Waals surface area contributed by atoms with Crippen molar-refractivity contribution in [2.75, 3.05) is 11.2 Å². The van der Waals surface area contributed by atoms with Gasteiger partial charge in [-0.05, 0) is 31.2 Å². The average Bonchev–Trinajstić information content (AvgIpc) is 3.20. The van der Waals surface area contributed by atoms with Crippen LogP contribution in [0.5, 0.6) is 0 Å². The molecule has 0 saturated carbocycles. The van der Waals surface area contributed by atoms with E-state index in [1.807, 2.05) is 0 Å². The molecule has 0 aliphatic carbocycles. The van der Waals surface area contributed by atoms with Crippen LogP contribution in [0.2, 0.25) is 5.02 Å². The molecule has 7 nitrogen and oxygen atoms in total. The molecular weight excluding hydrogens is 350 g/mol. The number of nitrogen functional groups attached to an aromatic ring is 1. The highest BCUT2D eigenvalue weighted by atomic mass is 35.5. The van der Waals surface area contributed by atoms with E-state index in [-0.39, 0.29) is 5.91 Å². The second-order valence-corrected chi connectivity index (χ2v) is 6.60. The minimum atomic E-state index is -0.447. The molecule has 1 aromatic carbocycles. The molecule has 2 aromatic heterocycles. The van der Waals surface area contributed by atoms with Crippen molar-refractivity contribution in [2.45, 2.75) is 17.3 Å². The van der Waals surface area contributed by atoms with Gasteiger partial charge in [0.15, 0.2) is 5.76 Å². The Bertz CT molecular complexity index is 849. The molecule has 1 unspecified atom stereocenters. The standard InChI is InChI=1S/C15H14ClN5O2S/c1-9(14(22)18-11-6-3-2-5-10(11)16)24-15-20-19-13(21(15)17)12-7-4-8-23-12/h2-9H,17H2,1H3,(H,18,22). The fourth-order valence-corrected chi connectivity index (χ4v) is 2.89. The number of rotatable bonds is 5. The number of benzene rings is 1. The van der Waals surface area contributed by atoms with Crippen molar-refractivity contribution in [3.8, 4) is 11.6 Å². The maximum absolute atomic E-state index is 12.3. The van der Waals surface area contributed by atoms with E-state index >= 15 is 0 Å². The molecule has 2 heterocycles. The molecule has 3 rings (SSSR count). The molecule has 3 aromatic rings. The number of furan rings is 1. The summed E-state index contributed by atoms with van der Waals surface area (Å²) in [6, 6.07) is 10.5. The number of halogens is 1. The van der Waals surface area contributed by atoms with Crippen LogP contribution in [-0.2, 0) is 4.79 Å². The molecule has 3 N–H and O–H groups in total. The Morgan fingerprint density at radius 1 is 1.33 bits per heavy atom.